The van der Waals surface area contributed by atoms with Crippen molar-refractivity contribution in [2.45, 2.75) is 23.5 Å². The molecule has 3 aromatic rings. The van der Waals surface area contributed by atoms with Gasteiger partial charge in [0.25, 0.3) is 5.91 Å². The molecule has 0 aliphatic carbocycles. The summed E-state index contributed by atoms with van der Waals surface area (Å²) in [4.78, 5) is 26.1. The Morgan fingerprint density at radius 1 is 1.00 bits per heavy atom. The number of anilines is 2. The Morgan fingerprint density at radius 2 is 1.74 bits per heavy atom. The molecule has 0 heterocycles. The van der Waals surface area contributed by atoms with E-state index in [1.807, 2.05) is 43.3 Å². The molecule has 160 valence electrons. The smallest absolute Gasteiger partial charge is 0.255 e. The standard InChI is InChI=1S/C24H23ClN2O3S/c1-3-22(24(29)27-21-10-5-4-9-20(21)25)31-19-8-6-7-17(15-19)26-23(28)16-11-13-18(30-2)14-12-16/h4-15,22H,3H2,1-2H3,(H,26,28)(H,27,29). The predicted molar refractivity (Wildman–Crippen MR) is 127 cm³/mol. The maximum atomic E-state index is 12.7. The van der Waals surface area contributed by atoms with Crippen molar-refractivity contribution in [3.63, 3.8) is 0 Å². The van der Waals surface area contributed by atoms with Crippen molar-refractivity contribution >= 4 is 46.6 Å². The molecule has 1 unspecified atom stereocenters. The zero-order chi connectivity index (χ0) is 22.2. The van der Waals surface area contributed by atoms with Gasteiger partial charge in [-0.2, -0.15) is 0 Å². The number of para-hydroxylation sites is 1. The van der Waals surface area contributed by atoms with E-state index in [4.69, 9.17) is 16.3 Å². The van der Waals surface area contributed by atoms with Crippen LogP contribution in [0.5, 0.6) is 5.75 Å². The second-order valence-corrected chi connectivity index (χ2v) is 8.38. The number of carbonyl (C=O) groups is 2. The average molecular weight is 455 g/mol. The SMILES string of the molecule is CCC(Sc1cccc(NC(=O)c2ccc(OC)cc2)c1)C(=O)Nc1ccccc1Cl. The molecule has 0 aromatic heterocycles. The highest BCUT2D eigenvalue weighted by Crippen LogP contribution is 2.30. The van der Waals surface area contributed by atoms with Crippen LogP contribution in [0.25, 0.3) is 0 Å². The Kier molecular flexibility index (Phi) is 7.98. The Labute approximate surface area is 191 Å². The zero-order valence-corrected chi connectivity index (χ0v) is 18.8. The summed E-state index contributed by atoms with van der Waals surface area (Å²) >= 11 is 7.59. The van der Waals surface area contributed by atoms with Crippen LogP contribution in [0.3, 0.4) is 0 Å². The molecule has 31 heavy (non-hydrogen) atoms. The van der Waals surface area contributed by atoms with Crippen molar-refractivity contribution in [2.75, 3.05) is 17.7 Å². The quantitative estimate of drug-likeness (QED) is 0.403. The fraction of sp³-hybridized carbons (Fsp3) is 0.167. The van der Waals surface area contributed by atoms with Gasteiger partial charge in [-0.1, -0.05) is 36.7 Å². The van der Waals surface area contributed by atoms with Gasteiger partial charge in [-0.05, 0) is 61.0 Å². The van der Waals surface area contributed by atoms with Gasteiger partial charge in [-0.15, -0.1) is 11.8 Å². The van der Waals surface area contributed by atoms with Gasteiger partial charge in [-0.3, -0.25) is 9.59 Å². The summed E-state index contributed by atoms with van der Waals surface area (Å²) in [5.41, 5.74) is 1.78. The summed E-state index contributed by atoms with van der Waals surface area (Å²) in [6, 6.07) is 21.5. The molecule has 0 aliphatic rings. The summed E-state index contributed by atoms with van der Waals surface area (Å²) in [5.74, 6) is 0.359. The van der Waals surface area contributed by atoms with Gasteiger partial charge in [0.05, 0.1) is 23.1 Å². The second kappa shape index (κ2) is 10.9. The normalized spacial score (nSPS) is 11.5. The molecule has 7 heteroatoms. The number of rotatable bonds is 8. The van der Waals surface area contributed by atoms with E-state index in [1.165, 1.54) is 11.8 Å². The van der Waals surface area contributed by atoms with Crippen molar-refractivity contribution in [3.8, 4) is 5.75 Å². The molecular weight excluding hydrogens is 432 g/mol. The molecular formula is C24H23ClN2O3S. The summed E-state index contributed by atoms with van der Waals surface area (Å²) in [7, 11) is 1.58. The number of ether oxygens (including phenoxy) is 1. The summed E-state index contributed by atoms with van der Waals surface area (Å²) < 4.78 is 5.12. The first-order chi connectivity index (χ1) is 15.0. The lowest BCUT2D eigenvalue weighted by atomic mass is 10.2. The number of hydrogen-bond donors (Lipinski definition) is 2. The zero-order valence-electron chi connectivity index (χ0n) is 17.2. The van der Waals surface area contributed by atoms with E-state index >= 15 is 0 Å². The molecule has 0 saturated heterocycles. The first-order valence-corrected chi connectivity index (χ1v) is 11.0. The van der Waals surface area contributed by atoms with Gasteiger partial charge in [0.1, 0.15) is 5.75 Å². The molecule has 3 aromatic carbocycles. The van der Waals surface area contributed by atoms with Gasteiger partial charge in [0, 0.05) is 16.1 Å². The van der Waals surface area contributed by atoms with E-state index in [0.717, 1.165) is 4.90 Å². The van der Waals surface area contributed by atoms with Crippen LogP contribution in [-0.2, 0) is 4.79 Å². The molecule has 2 amide bonds. The molecule has 2 N–H and O–H groups in total. The maximum absolute atomic E-state index is 12.7. The van der Waals surface area contributed by atoms with Crippen LogP contribution in [-0.4, -0.2) is 24.2 Å². The number of amides is 2. The van der Waals surface area contributed by atoms with Crippen LogP contribution in [0.1, 0.15) is 23.7 Å². The van der Waals surface area contributed by atoms with Crippen molar-refractivity contribution in [1.29, 1.82) is 0 Å². The predicted octanol–water partition coefficient (Wildman–Crippen LogP) is 6.11. The average Bonchev–Trinajstić information content (AvgIpc) is 2.79. The van der Waals surface area contributed by atoms with Crippen molar-refractivity contribution in [2.24, 2.45) is 0 Å². The lowest BCUT2D eigenvalue weighted by Gasteiger charge is -2.16. The van der Waals surface area contributed by atoms with E-state index in [0.29, 0.717) is 34.1 Å². The van der Waals surface area contributed by atoms with Gasteiger partial charge in [0.15, 0.2) is 0 Å². The molecule has 0 aliphatic heterocycles. The number of benzene rings is 3. The van der Waals surface area contributed by atoms with E-state index in [9.17, 15) is 9.59 Å². The summed E-state index contributed by atoms with van der Waals surface area (Å²) in [6.07, 6.45) is 0.642. The van der Waals surface area contributed by atoms with E-state index in [2.05, 4.69) is 10.6 Å². The summed E-state index contributed by atoms with van der Waals surface area (Å²) in [6.45, 7) is 1.96. The molecule has 0 saturated carbocycles. The van der Waals surface area contributed by atoms with Gasteiger partial charge >= 0.3 is 0 Å². The van der Waals surface area contributed by atoms with E-state index < -0.39 is 0 Å². The first kappa shape index (κ1) is 22.7. The van der Waals surface area contributed by atoms with Crippen LogP contribution in [0, 0.1) is 0 Å². The highest BCUT2D eigenvalue weighted by atomic mass is 35.5. The summed E-state index contributed by atoms with van der Waals surface area (Å²) in [5, 5.41) is 5.98. The number of halogens is 1. The molecule has 3 rings (SSSR count). The van der Waals surface area contributed by atoms with Crippen LogP contribution < -0.4 is 15.4 Å². The monoisotopic (exact) mass is 454 g/mol. The Morgan fingerprint density at radius 3 is 2.42 bits per heavy atom. The lowest BCUT2D eigenvalue weighted by molar-refractivity contribution is -0.115. The third-order valence-electron chi connectivity index (χ3n) is 4.52. The molecule has 0 radical (unpaired) electrons. The fourth-order valence-electron chi connectivity index (χ4n) is 2.86. The number of carbonyl (C=O) groups excluding carboxylic acids is 2. The van der Waals surface area contributed by atoms with Crippen LogP contribution in [0.15, 0.2) is 77.7 Å². The topological polar surface area (TPSA) is 67.4 Å². The third kappa shape index (κ3) is 6.26. The fourth-order valence-corrected chi connectivity index (χ4v) is 4.05. The van der Waals surface area contributed by atoms with Gasteiger partial charge < -0.3 is 15.4 Å². The second-order valence-electron chi connectivity index (χ2n) is 6.69. The number of methoxy groups -OCH3 is 1. The van der Waals surface area contributed by atoms with Crippen molar-refractivity contribution < 1.29 is 14.3 Å². The number of nitrogens with one attached hydrogen (secondary N) is 2. The molecule has 0 bridgehead atoms. The highest BCUT2D eigenvalue weighted by Gasteiger charge is 2.19. The van der Waals surface area contributed by atoms with Gasteiger partial charge in [-0.25, -0.2) is 0 Å². The van der Waals surface area contributed by atoms with Crippen LogP contribution >= 0.6 is 23.4 Å². The maximum Gasteiger partial charge on any atom is 0.255 e. The lowest BCUT2D eigenvalue weighted by Crippen LogP contribution is -2.24. The number of hydrogen-bond acceptors (Lipinski definition) is 4. The minimum Gasteiger partial charge on any atom is -0.497 e. The highest BCUT2D eigenvalue weighted by molar-refractivity contribution is 8.00. The largest absolute Gasteiger partial charge is 0.497 e. The Bertz CT molecular complexity index is 1060. The Hall–Kier alpha value is -2.96. The van der Waals surface area contributed by atoms with E-state index in [-0.39, 0.29) is 17.1 Å². The van der Waals surface area contributed by atoms with Crippen LogP contribution in [0.2, 0.25) is 5.02 Å². The van der Waals surface area contributed by atoms with Crippen molar-refractivity contribution in [1.82, 2.24) is 0 Å². The minimum absolute atomic E-state index is 0.117. The first-order valence-electron chi connectivity index (χ1n) is 9.77. The molecule has 1 atom stereocenters. The van der Waals surface area contributed by atoms with E-state index in [1.54, 1.807) is 43.5 Å². The minimum atomic E-state index is -0.302. The number of thioether (sulfide) groups is 1. The molecule has 0 fully saturated rings. The Balaban J connectivity index is 1.66. The van der Waals surface area contributed by atoms with Crippen LogP contribution in [0.4, 0.5) is 11.4 Å². The van der Waals surface area contributed by atoms with Crippen molar-refractivity contribution in [3.05, 3.63) is 83.4 Å². The molecule has 5 nitrogen and oxygen atoms in total. The molecule has 0 spiro atoms. The third-order valence-corrected chi connectivity index (χ3v) is 6.21. The van der Waals surface area contributed by atoms with Gasteiger partial charge in [0.2, 0.25) is 5.91 Å².